The quantitative estimate of drug-likeness (QED) is 0.686. The molecule has 1 atom stereocenters. The second-order valence-corrected chi connectivity index (χ2v) is 6.35. The Morgan fingerprint density at radius 2 is 2.12 bits per heavy atom. The number of nitrogens with one attached hydrogen (secondary N) is 1. The van der Waals surface area contributed by atoms with E-state index in [-0.39, 0.29) is 17.0 Å². The van der Waals surface area contributed by atoms with Crippen LogP contribution in [0.2, 0.25) is 0 Å². The van der Waals surface area contributed by atoms with Crippen molar-refractivity contribution in [2.75, 3.05) is 0 Å². The van der Waals surface area contributed by atoms with Crippen molar-refractivity contribution in [2.45, 2.75) is 23.9 Å². The van der Waals surface area contributed by atoms with Gasteiger partial charge in [-0.05, 0) is 43.3 Å². The average molecular weight is 346 g/mol. The van der Waals surface area contributed by atoms with E-state index in [2.05, 4.69) is 10.3 Å². The molecule has 0 aliphatic carbocycles. The summed E-state index contributed by atoms with van der Waals surface area (Å²) in [4.78, 5) is 16.2. The number of hydrogen-bond donors (Lipinski definition) is 1. The second-order valence-electron chi connectivity index (χ2n) is 5.05. The third kappa shape index (κ3) is 4.05. The molecular weight excluding hydrogens is 331 g/mol. The van der Waals surface area contributed by atoms with Crippen molar-refractivity contribution in [1.29, 1.82) is 0 Å². The zero-order valence-electron chi connectivity index (χ0n) is 12.9. The molecule has 0 radical (unpaired) electrons. The van der Waals surface area contributed by atoms with E-state index in [4.69, 9.17) is 8.83 Å². The molecule has 124 valence electrons. The van der Waals surface area contributed by atoms with Gasteiger partial charge in [-0.25, -0.2) is 9.37 Å². The van der Waals surface area contributed by atoms with Crippen molar-refractivity contribution < 1.29 is 18.0 Å². The standard InChI is InChI=1S/C17H15FN2O3S/c1-11(16(21)19-9-14-3-2-8-22-14)24-17-20-10-15(23-17)12-4-6-13(18)7-5-12/h2-8,10-11H,9H2,1H3,(H,19,21). The van der Waals surface area contributed by atoms with Crippen LogP contribution in [0.25, 0.3) is 11.3 Å². The highest BCUT2D eigenvalue weighted by Crippen LogP contribution is 2.28. The number of amides is 1. The molecule has 2 heterocycles. The molecule has 0 spiro atoms. The van der Waals surface area contributed by atoms with Gasteiger partial charge in [0.05, 0.1) is 24.3 Å². The Hall–Kier alpha value is -2.54. The summed E-state index contributed by atoms with van der Waals surface area (Å²) in [6, 6.07) is 9.50. The Bertz CT molecular complexity index is 800. The van der Waals surface area contributed by atoms with Gasteiger partial charge in [-0.15, -0.1) is 0 Å². The summed E-state index contributed by atoms with van der Waals surface area (Å²) in [6.45, 7) is 2.10. The number of thioether (sulfide) groups is 1. The van der Waals surface area contributed by atoms with Gasteiger partial charge in [-0.3, -0.25) is 4.79 Å². The first kappa shape index (κ1) is 16.3. The van der Waals surface area contributed by atoms with E-state index in [1.54, 1.807) is 43.6 Å². The summed E-state index contributed by atoms with van der Waals surface area (Å²) in [5.41, 5.74) is 0.727. The number of benzene rings is 1. The summed E-state index contributed by atoms with van der Waals surface area (Å²) in [5.74, 6) is 0.767. The fraction of sp³-hybridized carbons (Fsp3) is 0.176. The van der Waals surface area contributed by atoms with E-state index in [1.807, 2.05) is 0 Å². The molecule has 1 N–H and O–H groups in total. The minimum Gasteiger partial charge on any atom is -0.467 e. The molecule has 5 nitrogen and oxygen atoms in total. The first-order chi connectivity index (χ1) is 11.6. The largest absolute Gasteiger partial charge is 0.467 e. The zero-order chi connectivity index (χ0) is 16.9. The Kier molecular flexibility index (Phi) is 5.00. The van der Waals surface area contributed by atoms with Crippen LogP contribution in [0.1, 0.15) is 12.7 Å². The topological polar surface area (TPSA) is 68.3 Å². The molecule has 0 bridgehead atoms. The number of rotatable bonds is 6. The van der Waals surface area contributed by atoms with Crippen molar-refractivity contribution in [3.05, 3.63) is 60.4 Å². The SMILES string of the molecule is CC(Sc1ncc(-c2ccc(F)cc2)o1)C(=O)NCc1ccco1. The van der Waals surface area contributed by atoms with Crippen LogP contribution in [0.5, 0.6) is 0 Å². The van der Waals surface area contributed by atoms with Crippen LogP contribution < -0.4 is 5.32 Å². The van der Waals surface area contributed by atoms with Crippen LogP contribution in [-0.4, -0.2) is 16.1 Å². The lowest BCUT2D eigenvalue weighted by Gasteiger charge is -2.08. The highest BCUT2D eigenvalue weighted by atomic mass is 32.2. The van der Waals surface area contributed by atoms with Gasteiger partial charge in [0, 0.05) is 5.56 Å². The van der Waals surface area contributed by atoms with Gasteiger partial charge in [-0.2, -0.15) is 0 Å². The molecule has 24 heavy (non-hydrogen) atoms. The summed E-state index contributed by atoms with van der Waals surface area (Å²) in [5, 5.41) is 2.79. The number of halogens is 1. The third-order valence-electron chi connectivity index (χ3n) is 3.28. The summed E-state index contributed by atoms with van der Waals surface area (Å²) in [7, 11) is 0. The van der Waals surface area contributed by atoms with Crippen molar-refractivity contribution in [2.24, 2.45) is 0 Å². The fourth-order valence-corrected chi connectivity index (χ4v) is 2.74. The van der Waals surface area contributed by atoms with Crippen molar-refractivity contribution >= 4 is 17.7 Å². The number of aromatic nitrogens is 1. The first-order valence-electron chi connectivity index (χ1n) is 7.30. The summed E-state index contributed by atoms with van der Waals surface area (Å²) in [6.07, 6.45) is 3.12. The van der Waals surface area contributed by atoms with E-state index in [0.717, 1.165) is 5.56 Å². The zero-order valence-corrected chi connectivity index (χ0v) is 13.7. The Morgan fingerprint density at radius 3 is 2.83 bits per heavy atom. The lowest BCUT2D eigenvalue weighted by molar-refractivity contribution is -0.120. The summed E-state index contributed by atoms with van der Waals surface area (Å²) < 4.78 is 23.7. The van der Waals surface area contributed by atoms with Gasteiger partial charge in [0.25, 0.3) is 5.22 Å². The highest BCUT2D eigenvalue weighted by Gasteiger charge is 2.18. The molecular formula is C17H15FN2O3S. The minimum absolute atomic E-state index is 0.141. The fourth-order valence-electron chi connectivity index (χ4n) is 2.00. The highest BCUT2D eigenvalue weighted by molar-refractivity contribution is 8.00. The number of hydrogen-bond acceptors (Lipinski definition) is 5. The molecule has 2 aromatic heterocycles. The number of furan rings is 1. The van der Waals surface area contributed by atoms with E-state index in [0.29, 0.717) is 23.3 Å². The maximum atomic E-state index is 12.9. The van der Waals surface area contributed by atoms with Crippen LogP contribution in [-0.2, 0) is 11.3 Å². The maximum Gasteiger partial charge on any atom is 0.256 e. The van der Waals surface area contributed by atoms with Crippen LogP contribution in [0.3, 0.4) is 0 Å². The molecule has 7 heteroatoms. The monoisotopic (exact) mass is 346 g/mol. The maximum absolute atomic E-state index is 12.9. The Morgan fingerprint density at radius 1 is 1.33 bits per heavy atom. The van der Waals surface area contributed by atoms with Gasteiger partial charge < -0.3 is 14.2 Å². The van der Waals surface area contributed by atoms with Crippen molar-refractivity contribution in [1.82, 2.24) is 10.3 Å². The summed E-state index contributed by atoms with van der Waals surface area (Å²) >= 11 is 1.21. The van der Waals surface area contributed by atoms with Crippen LogP contribution in [0.15, 0.2) is 62.9 Å². The Labute approximate surface area is 142 Å². The molecule has 3 rings (SSSR count). The predicted molar refractivity (Wildman–Crippen MR) is 87.8 cm³/mol. The van der Waals surface area contributed by atoms with Crippen LogP contribution in [0.4, 0.5) is 4.39 Å². The van der Waals surface area contributed by atoms with Crippen molar-refractivity contribution in [3.8, 4) is 11.3 Å². The molecule has 0 fully saturated rings. The minimum atomic E-state index is -0.375. The molecule has 0 aliphatic heterocycles. The van der Waals surface area contributed by atoms with Crippen LogP contribution >= 0.6 is 11.8 Å². The first-order valence-corrected chi connectivity index (χ1v) is 8.18. The van der Waals surface area contributed by atoms with E-state index < -0.39 is 0 Å². The lowest BCUT2D eigenvalue weighted by atomic mass is 10.2. The van der Waals surface area contributed by atoms with Gasteiger partial charge in [-0.1, -0.05) is 11.8 Å². The molecule has 0 saturated carbocycles. The van der Waals surface area contributed by atoms with Gasteiger partial charge >= 0.3 is 0 Å². The molecule has 1 unspecified atom stereocenters. The van der Waals surface area contributed by atoms with Crippen molar-refractivity contribution in [3.63, 3.8) is 0 Å². The van der Waals surface area contributed by atoms with Gasteiger partial charge in [0.2, 0.25) is 5.91 Å². The number of oxazole rings is 1. The van der Waals surface area contributed by atoms with E-state index >= 15 is 0 Å². The number of nitrogens with zero attached hydrogens (tertiary/aromatic N) is 1. The Balaban J connectivity index is 1.57. The number of carbonyl (C=O) groups is 1. The third-order valence-corrected chi connectivity index (χ3v) is 4.23. The lowest BCUT2D eigenvalue weighted by Crippen LogP contribution is -2.30. The van der Waals surface area contributed by atoms with Gasteiger partial charge in [0.1, 0.15) is 11.6 Å². The normalized spacial score (nSPS) is 12.1. The van der Waals surface area contributed by atoms with E-state index in [1.165, 1.54) is 23.9 Å². The average Bonchev–Trinajstić information content (AvgIpc) is 3.25. The molecule has 1 amide bonds. The molecule has 3 aromatic rings. The van der Waals surface area contributed by atoms with Gasteiger partial charge in [0.15, 0.2) is 5.76 Å². The smallest absolute Gasteiger partial charge is 0.256 e. The molecule has 0 saturated heterocycles. The van der Waals surface area contributed by atoms with Crippen LogP contribution in [0, 0.1) is 5.82 Å². The number of carbonyl (C=O) groups excluding carboxylic acids is 1. The molecule has 1 aromatic carbocycles. The predicted octanol–water partition coefficient (Wildman–Crippen LogP) is 3.87. The van der Waals surface area contributed by atoms with E-state index in [9.17, 15) is 9.18 Å². The second kappa shape index (κ2) is 7.35. The molecule has 0 aliphatic rings.